The summed E-state index contributed by atoms with van der Waals surface area (Å²) < 4.78 is 23.1. The summed E-state index contributed by atoms with van der Waals surface area (Å²) in [7, 11) is -2.90. The van der Waals surface area contributed by atoms with Crippen molar-refractivity contribution in [2.75, 3.05) is 34.0 Å². The van der Waals surface area contributed by atoms with Crippen LogP contribution in [0.25, 0.3) is 0 Å². The van der Waals surface area contributed by atoms with E-state index < -0.39 is 9.84 Å². The summed E-state index contributed by atoms with van der Waals surface area (Å²) in [5, 5.41) is 3.05. The van der Waals surface area contributed by atoms with E-state index in [1.165, 1.54) is 23.0 Å². The number of benzene rings is 2. The monoisotopic (exact) mass is 416 g/mol. The highest BCUT2D eigenvalue weighted by Gasteiger charge is 2.28. The Morgan fingerprint density at radius 3 is 2.75 bits per heavy atom. The maximum Gasteiger partial charge on any atom is 0.234 e. The molecule has 2 aromatic rings. The first-order chi connectivity index (χ1) is 13.5. The van der Waals surface area contributed by atoms with Crippen molar-refractivity contribution in [1.29, 1.82) is 0 Å². The zero-order valence-electron chi connectivity index (χ0n) is 15.6. The van der Waals surface area contributed by atoms with Crippen molar-refractivity contribution in [3.63, 3.8) is 0 Å². The summed E-state index contributed by atoms with van der Waals surface area (Å²) >= 11 is 1.44. The van der Waals surface area contributed by atoms with Gasteiger partial charge in [-0.05, 0) is 36.1 Å². The number of anilines is 2. The van der Waals surface area contributed by atoms with Crippen LogP contribution in [0, 0.1) is 0 Å². The van der Waals surface area contributed by atoms with Gasteiger partial charge in [-0.15, -0.1) is 11.8 Å². The third-order valence-electron chi connectivity index (χ3n) is 5.28. The quantitative estimate of drug-likeness (QED) is 0.784. The molecule has 0 bridgehead atoms. The van der Waals surface area contributed by atoms with E-state index in [0.29, 0.717) is 6.42 Å². The average Bonchev–Trinajstić information content (AvgIpc) is 3.24. The molecule has 0 spiro atoms. The maximum atomic E-state index is 12.4. The lowest BCUT2D eigenvalue weighted by molar-refractivity contribution is -0.113. The van der Waals surface area contributed by atoms with E-state index in [4.69, 9.17) is 0 Å². The Morgan fingerprint density at radius 1 is 1.14 bits per heavy atom. The van der Waals surface area contributed by atoms with Gasteiger partial charge in [0.25, 0.3) is 0 Å². The molecule has 1 amide bonds. The number of hydrogen-bond acceptors (Lipinski definition) is 5. The minimum Gasteiger partial charge on any atom is -0.367 e. The number of amides is 1. The van der Waals surface area contributed by atoms with Crippen LogP contribution in [0.1, 0.15) is 17.5 Å². The second kappa shape index (κ2) is 8.17. The third-order valence-corrected chi connectivity index (χ3v) is 8.56. The summed E-state index contributed by atoms with van der Waals surface area (Å²) in [6.07, 6.45) is 1.69. The largest absolute Gasteiger partial charge is 0.367 e. The number of carbonyl (C=O) groups is 1. The van der Waals surface area contributed by atoms with Gasteiger partial charge >= 0.3 is 0 Å². The van der Waals surface area contributed by atoms with Crippen LogP contribution in [0.4, 0.5) is 11.4 Å². The number of thioether (sulfide) groups is 1. The van der Waals surface area contributed by atoms with Crippen LogP contribution in [0.15, 0.2) is 48.5 Å². The molecule has 0 aromatic heterocycles. The van der Waals surface area contributed by atoms with E-state index >= 15 is 0 Å². The zero-order valence-corrected chi connectivity index (χ0v) is 17.3. The predicted octanol–water partition coefficient (Wildman–Crippen LogP) is 3.11. The van der Waals surface area contributed by atoms with E-state index in [9.17, 15) is 13.2 Å². The van der Waals surface area contributed by atoms with Gasteiger partial charge in [-0.3, -0.25) is 4.79 Å². The summed E-state index contributed by atoms with van der Waals surface area (Å²) in [4.78, 5) is 14.8. The van der Waals surface area contributed by atoms with Gasteiger partial charge < -0.3 is 10.2 Å². The Kier molecular flexibility index (Phi) is 5.64. The second-order valence-electron chi connectivity index (χ2n) is 7.34. The van der Waals surface area contributed by atoms with Crippen LogP contribution in [-0.2, 0) is 27.6 Å². The molecule has 2 aliphatic heterocycles. The van der Waals surface area contributed by atoms with Crippen LogP contribution in [-0.4, -0.2) is 43.4 Å². The van der Waals surface area contributed by atoms with Gasteiger partial charge in [-0.25, -0.2) is 8.42 Å². The molecule has 1 N–H and O–H groups in total. The minimum absolute atomic E-state index is 0.0343. The lowest BCUT2D eigenvalue weighted by atomic mass is 10.1. The standard InChI is InChI=1S/C21H24N2O3S2/c24-21(14-27-18-10-12-28(25,26)15-18)22-19-7-3-1-6-17(19)13-23-11-9-16-5-2-4-8-20(16)23/h1-8,18H,9-15H2,(H,22,24). The lowest BCUT2D eigenvalue weighted by Crippen LogP contribution is -2.22. The number of carbonyl (C=O) groups excluding carboxylic acids is 1. The average molecular weight is 417 g/mol. The molecule has 0 aliphatic carbocycles. The lowest BCUT2D eigenvalue weighted by Gasteiger charge is -2.21. The molecular formula is C21H24N2O3S2. The summed E-state index contributed by atoms with van der Waals surface area (Å²) in [6, 6.07) is 16.3. The smallest absolute Gasteiger partial charge is 0.234 e. The molecule has 2 heterocycles. The van der Waals surface area contributed by atoms with Gasteiger partial charge in [0.15, 0.2) is 9.84 Å². The van der Waals surface area contributed by atoms with Crippen molar-refractivity contribution < 1.29 is 13.2 Å². The van der Waals surface area contributed by atoms with Crippen molar-refractivity contribution in [2.45, 2.75) is 24.6 Å². The Morgan fingerprint density at radius 2 is 1.93 bits per heavy atom. The van der Waals surface area contributed by atoms with E-state index in [0.717, 1.165) is 30.8 Å². The number of sulfone groups is 1. The van der Waals surface area contributed by atoms with Crippen LogP contribution in [0.3, 0.4) is 0 Å². The Hall–Kier alpha value is -1.99. The predicted molar refractivity (Wildman–Crippen MR) is 116 cm³/mol. The molecule has 1 fully saturated rings. The molecule has 4 rings (SSSR count). The SMILES string of the molecule is O=C(CSC1CCS(=O)(=O)C1)Nc1ccccc1CN1CCc2ccccc21. The van der Waals surface area contributed by atoms with E-state index in [1.807, 2.05) is 24.3 Å². The van der Waals surface area contributed by atoms with Crippen LogP contribution in [0.5, 0.6) is 0 Å². The molecule has 0 radical (unpaired) electrons. The third kappa shape index (κ3) is 4.52. The summed E-state index contributed by atoms with van der Waals surface area (Å²) in [5.41, 5.74) is 4.55. The summed E-state index contributed by atoms with van der Waals surface area (Å²) in [5.74, 6) is 0.632. The first-order valence-electron chi connectivity index (χ1n) is 9.53. The van der Waals surface area contributed by atoms with Crippen molar-refractivity contribution in [1.82, 2.24) is 0 Å². The van der Waals surface area contributed by atoms with Crippen LogP contribution in [0.2, 0.25) is 0 Å². The molecule has 2 aromatic carbocycles. The van der Waals surface area contributed by atoms with Crippen LogP contribution >= 0.6 is 11.8 Å². The van der Waals surface area contributed by atoms with Crippen molar-refractivity contribution in [2.24, 2.45) is 0 Å². The molecule has 1 saturated heterocycles. The molecule has 5 nitrogen and oxygen atoms in total. The van der Waals surface area contributed by atoms with Crippen molar-refractivity contribution in [3.05, 3.63) is 59.7 Å². The van der Waals surface area contributed by atoms with Crippen molar-refractivity contribution >= 4 is 38.9 Å². The van der Waals surface area contributed by atoms with E-state index in [-0.39, 0.29) is 28.4 Å². The molecule has 28 heavy (non-hydrogen) atoms. The second-order valence-corrected chi connectivity index (χ2v) is 10.9. The highest BCUT2D eigenvalue weighted by Crippen LogP contribution is 2.30. The molecule has 1 unspecified atom stereocenters. The molecule has 0 saturated carbocycles. The normalized spacial score (nSPS) is 20.1. The van der Waals surface area contributed by atoms with E-state index in [2.05, 4.69) is 34.5 Å². The van der Waals surface area contributed by atoms with Crippen LogP contribution < -0.4 is 10.2 Å². The van der Waals surface area contributed by atoms with Gasteiger partial charge in [-0.1, -0.05) is 36.4 Å². The van der Waals surface area contributed by atoms with Gasteiger partial charge in [-0.2, -0.15) is 0 Å². The fourth-order valence-electron chi connectivity index (χ4n) is 3.83. The number of nitrogens with zero attached hydrogens (tertiary/aromatic N) is 1. The number of para-hydroxylation sites is 2. The Labute approximate surface area is 170 Å². The number of nitrogens with one attached hydrogen (secondary N) is 1. The van der Waals surface area contributed by atoms with Gasteiger partial charge in [0.05, 0.1) is 17.3 Å². The maximum absolute atomic E-state index is 12.4. The molecular weight excluding hydrogens is 392 g/mol. The fourth-order valence-corrected chi connectivity index (χ4v) is 7.27. The van der Waals surface area contributed by atoms with Gasteiger partial charge in [0.2, 0.25) is 5.91 Å². The fraction of sp³-hybridized carbons (Fsp3) is 0.381. The van der Waals surface area contributed by atoms with Crippen molar-refractivity contribution in [3.8, 4) is 0 Å². The Balaban J connectivity index is 1.37. The first-order valence-corrected chi connectivity index (χ1v) is 12.4. The molecule has 1 atom stereocenters. The topological polar surface area (TPSA) is 66.5 Å². The number of fused-ring (bicyclic) bond motifs is 1. The number of hydrogen-bond donors (Lipinski definition) is 1. The molecule has 2 aliphatic rings. The Bertz CT molecular complexity index is 975. The highest BCUT2D eigenvalue weighted by atomic mass is 32.2. The van der Waals surface area contributed by atoms with Gasteiger partial charge in [0, 0.05) is 29.7 Å². The molecule has 148 valence electrons. The molecule has 7 heteroatoms. The minimum atomic E-state index is -2.90. The first kappa shape index (κ1) is 19.3. The number of rotatable bonds is 6. The summed E-state index contributed by atoms with van der Waals surface area (Å²) in [6.45, 7) is 1.73. The highest BCUT2D eigenvalue weighted by molar-refractivity contribution is 8.02. The van der Waals surface area contributed by atoms with Gasteiger partial charge in [0.1, 0.15) is 0 Å². The zero-order chi connectivity index (χ0) is 19.6. The van der Waals surface area contributed by atoms with E-state index in [1.54, 1.807) is 0 Å².